The number of benzene rings is 1. The van der Waals surface area contributed by atoms with Crippen LogP contribution in [0.25, 0.3) is 0 Å². The van der Waals surface area contributed by atoms with Gasteiger partial charge >= 0.3 is 6.18 Å². The van der Waals surface area contributed by atoms with E-state index in [9.17, 15) is 13.2 Å². The number of hydrogen-bond donors (Lipinski definition) is 2. The molecule has 0 amide bonds. The van der Waals surface area contributed by atoms with Gasteiger partial charge in [-0.05, 0) is 17.7 Å². The summed E-state index contributed by atoms with van der Waals surface area (Å²) >= 11 is 11.5. The van der Waals surface area contributed by atoms with Crippen LogP contribution in [0, 0.1) is 0 Å². The number of aliphatic imine (C=N–C) groups is 1. The molecule has 9 heteroatoms. The van der Waals surface area contributed by atoms with Gasteiger partial charge in [0, 0.05) is 11.6 Å². The molecule has 1 unspecified atom stereocenters. The fraction of sp³-hybridized carbons (Fsp3) is 0.364. The number of nitrogens with one attached hydrogen (secondary N) is 1. The molecule has 0 saturated heterocycles. The molecule has 0 radical (unpaired) electrons. The summed E-state index contributed by atoms with van der Waals surface area (Å²) in [6.07, 6.45) is -4.58. The molecule has 3 N–H and O–H groups in total. The van der Waals surface area contributed by atoms with Crippen molar-refractivity contribution >= 4 is 41.4 Å². The minimum atomic E-state index is -4.58. The third-order valence-corrected chi connectivity index (χ3v) is 3.34. The van der Waals surface area contributed by atoms with Gasteiger partial charge in [0.2, 0.25) is 0 Å². The predicted molar refractivity (Wildman–Crippen MR) is 75.9 cm³/mol. The molecule has 0 bridgehead atoms. The van der Waals surface area contributed by atoms with Crippen molar-refractivity contribution in [1.82, 2.24) is 5.32 Å². The van der Waals surface area contributed by atoms with E-state index in [4.69, 9.17) is 28.9 Å². The van der Waals surface area contributed by atoms with Crippen LogP contribution in [-0.2, 0) is 6.18 Å². The lowest BCUT2D eigenvalue weighted by Crippen LogP contribution is -2.31. The summed E-state index contributed by atoms with van der Waals surface area (Å²) in [5.41, 5.74) is 4.99. The Morgan fingerprint density at radius 1 is 1.30 bits per heavy atom. The molecule has 0 fully saturated rings. The SMILES string of the molecule is Cl.NC(C1=NCCN1)c1cc(Cl)cc(C(F)(F)F)c1Cl. The van der Waals surface area contributed by atoms with E-state index in [1.165, 1.54) is 6.07 Å². The van der Waals surface area contributed by atoms with Crippen LogP contribution < -0.4 is 11.1 Å². The summed E-state index contributed by atoms with van der Waals surface area (Å²) in [6, 6.07) is 1.26. The molecule has 0 spiro atoms. The highest BCUT2D eigenvalue weighted by molar-refractivity contribution is 6.34. The number of rotatable bonds is 2. The molecule has 112 valence electrons. The van der Waals surface area contributed by atoms with Gasteiger partial charge in [0.25, 0.3) is 0 Å². The van der Waals surface area contributed by atoms with Gasteiger partial charge in [-0.3, -0.25) is 4.99 Å². The molecule has 1 aromatic carbocycles. The maximum absolute atomic E-state index is 12.8. The minimum absolute atomic E-state index is 0. The molecule has 0 aliphatic carbocycles. The molecule has 3 nitrogen and oxygen atoms in total. The highest BCUT2D eigenvalue weighted by Crippen LogP contribution is 2.39. The van der Waals surface area contributed by atoms with Crippen LogP contribution in [0.5, 0.6) is 0 Å². The topological polar surface area (TPSA) is 50.4 Å². The third-order valence-electron chi connectivity index (χ3n) is 2.70. The summed E-state index contributed by atoms with van der Waals surface area (Å²) in [7, 11) is 0. The number of hydrogen-bond acceptors (Lipinski definition) is 3. The second kappa shape index (κ2) is 6.39. The van der Waals surface area contributed by atoms with Crippen molar-refractivity contribution in [2.45, 2.75) is 12.2 Å². The van der Waals surface area contributed by atoms with E-state index < -0.39 is 22.8 Å². The van der Waals surface area contributed by atoms with Crippen molar-refractivity contribution in [3.05, 3.63) is 33.3 Å². The molecule has 0 saturated carbocycles. The zero-order valence-electron chi connectivity index (χ0n) is 9.97. The Hall–Kier alpha value is -0.690. The number of alkyl halides is 3. The van der Waals surface area contributed by atoms with E-state index in [-0.39, 0.29) is 23.0 Å². The Morgan fingerprint density at radius 2 is 1.95 bits per heavy atom. The molecular formula is C11H11Cl3F3N3. The van der Waals surface area contributed by atoms with Gasteiger partial charge in [-0.15, -0.1) is 12.4 Å². The molecular weight excluding hydrogens is 337 g/mol. The Morgan fingerprint density at radius 3 is 2.45 bits per heavy atom. The van der Waals surface area contributed by atoms with Gasteiger partial charge in [0.05, 0.1) is 23.2 Å². The van der Waals surface area contributed by atoms with Crippen molar-refractivity contribution in [2.75, 3.05) is 13.1 Å². The van der Waals surface area contributed by atoms with Crippen LogP contribution in [0.3, 0.4) is 0 Å². The monoisotopic (exact) mass is 347 g/mol. The van der Waals surface area contributed by atoms with Crippen molar-refractivity contribution in [2.24, 2.45) is 10.7 Å². The second-order valence-corrected chi connectivity index (χ2v) is 4.84. The smallest absolute Gasteiger partial charge is 0.370 e. The molecule has 1 heterocycles. The number of nitrogens with zero attached hydrogens (tertiary/aromatic N) is 1. The Balaban J connectivity index is 0.00000200. The molecule has 1 aromatic rings. The third kappa shape index (κ3) is 3.49. The highest BCUT2D eigenvalue weighted by Gasteiger charge is 2.35. The fourth-order valence-electron chi connectivity index (χ4n) is 1.81. The first-order valence-corrected chi connectivity index (χ1v) is 6.16. The lowest BCUT2D eigenvalue weighted by molar-refractivity contribution is -0.137. The normalized spacial score (nSPS) is 16.2. The lowest BCUT2D eigenvalue weighted by Gasteiger charge is -2.18. The maximum Gasteiger partial charge on any atom is 0.417 e. The van der Waals surface area contributed by atoms with E-state index in [2.05, 4.69) is 10.3 Å². The second-order valence-electron chi connectivity index (χ2n) is 4.03. The molecule has 0 aromatic heterocycles. The first-order valence-electron chi connectivity index (χ1n) is 5.40. The van der Waals surface area contributed by atoms with Crippen LogP contribution in [0.1, 0.15) is 17.2 Å². The molecule has 1 aliphatic rings. The zero-order valence-corrected chi connectivity index (χ0v) is 12.3. The summed E-state index contributed by atoms with van der Waals surface area (Å²) < 4.78 is 38.5. The van der Waals surface area contributed by atoms with Gasteiger partial charge < -0.3 is 11.1 Å². The largest absolute Gasteiger partial charge is 0.417 e. The summed E-state index contributed by atoms with van der Waals surface area (Å²) in [6.45, 7) is 1.14. The molecule has 2 rings (SSSR count). The molecule has 1 atom stereocenters. The van der Waals surface area contributed by atoms with E-state index >= 15 is 0 Å². The Bertz CT molecular complexity index is 532. The average molecular weight is 349 g/mol. The maximum atomic E-state index is 12.8. The van der Waals surface area contributed by atoms with Crippen LogP contribution in [-0.4, -0.2) is 18.9 Å². The van der Waals surface area contributed by atoms with Crippen LogP contribution in [0.4, 0.5) is 13.2 Å². The van der Waals surface area contributed by atoms with Crippen molar-refractivity contribution in [3.63, 3.8) is 0 Å². The quantitative estimate of drug-likeness (QED) is 0.860. The summed E-state index contributed by atoms with van der Waals surface area (Å²) in [5.74, 6) is 0.414. The molecule has 20 heavy (non-hydrogen) atoms. The summed E-state index contributed by atoms with van der Waals surface area (Å²) in [5, 5.41) is 2.39. The number of halogens is 6. The zero-order chi connectivity index (χ0) is 14.2. The van der Waals surface area contributed by atoms with E-state index in [0.717, 1.165) is 6.07 Å². The highest BCUT2D eigenvalue weighted by atomic mass is 35.5. The van der Waals surface area contributed by atoms with Crippen molar-refractivity contribution in [1.29, 1.82) is 0 Å². The van der Waals surface area contributed by atoms with Crippen LogP contribution >= 0.6 is 35.6 Å². The van der Waals surface area contributed by atoms with E-state index in [1.807, 2.05) is 0 Å². The van der Waals surface area contributed by atoms with E-state index in [1.54, 1.807) is 0 Å². The van der Waals surface area contributed by atoms with Gasteiger partial charge in [0.1, 0.15) is 5.84 Å². The van der Waals surface area contributed by atoms with Gasteiger partial charge in [-0.2, -0.15) is 13.2 Å². The minimum Gasteiger partial charge on any atom is -0.370 e. The predicted octanol–water partition coefficient (Wildman–Crippen LogP) is 3.44. The fourth-order valence-corrected chi connectivity index (χ4v) is 2.38. The van der Waals surface area contributed by atoms with Gasteiger partial charge in [0.15, 0.2) is 0 Å². The summed E-state index contributed by atoms with van der Waals surface area (Å²) in [4.78, 5) is 4.07. The standard InChI is InChI=1S/C11H10Cl2F3N3.ClH/c12-5-3-6(9(17)10-18-1-2-19-10)8(13)7(4-5)11(14,15)16;/h3-4,9H,1-2,17H2,(H,18,19);1H. The first kappa shape index (κ1) is 17.4. The number of nitrogens with two attached hydrogens (primary N) is 1. The lowest BCUT2D eigenvalue weighted by atomic mass is 10.0. The first-order chi connectivity index (χ1) is 8.80. The Kier molecular flexibility index (Phi) is 5.54. The van der Waals surface area contributed by atoms with Crippen LogP contribution in [0.2, 0.25) is 10.0 Å². The van der Waals surface area contributed by atoms with Crippen LogP contribution in [0.15, 0.2) is 17.1 Å². The van der Waals surface area contributed by atoms with Gasteiger partial charge in [-0.1, -0.05) is 23.2 Å². The average Bonchev–Trinajstić information content (AvgIpc) is 2.83. The molecule has 1 aliphatic heterocycles. The van der Waals surface area contributed by atoms with Gasteiger partial charge in [-0.25, -0.2) is 0 Å². The Labute approximate surface area is 129 Å². The van der Waals surface area contributed by atoms with Crippen molar-refractivity contribution < 1.29 is 13.2 Å². The number of amidine groups is 1. The van der Waals surface area contributed by atoms with E-state index in [0.29, 0.717) is 18.9 Å². The van der Waals surface area contributed by atoms with Crippen molar-refractivity contribution in [3.8, 4) is 0 Å².